The van der Waals surface area contributed by atoms with Crippen molar-refractivity contribution in [2.24, 2.45) is 13.0 Å². The highest BCUT2D eigenvalue weighted by Crippen LogP contribution is 2.43. The second-order valence-corrected chi connectivity index (χ2v) is 11.1. The quantitative estimate of drug-likeness (QED) is 0.382. The van der Waals surface area contributed by atoms with Crippen LogP contribution in [0.25, 0.3) is 0 Å². The van der Waals surface area contributed by atoms with Crippen molar-refractivity contribution in [3.05, 3.63) is 82.6 Å². The van der Waals surface area contributed by atoms with Crippen molar-refractivity contribution in [2.45, 2.75) is 56.1 Å². The number of nitrogens with zero attached hydrogens (tertiary/aromatic N) is 2. The zero-order valence-electron chi connectivity index (χ0n) is 20.1. The summed E-state index contributed by atoms with van der Waals surface area (Å²) in [6.45, 7) is 2.05. The topological polar surface area (TPSA) is 64.0 Å². The van der Waals surface area contributed by atoms with Crippen LogP contribution in [0.5, 0.6) is 0 Å². The van der Waals surface area contributed by atoms with E-state index in [1.165, 1.54) is 35.3 Å². The molecule has 5 nitrogen and oxygen atoms in total. The van der Waals surface area contributed by atoms with Crippen molar-refractivity contribution in [2.75, 3.05) is 6.54 Å². The number of alkyl halides is 3. The van der Waals surface area contributed by atoms with E-state index < -0.39 is 27.6 Å². The first-order valence-electron chi connectivity index (χ1n) is 11.9. The maximum atomic E-state index is 14.9. The number of hydrogen-bond acceptors (Lipinski definition) is 3. The summed E-state index contributed by atoms with van der Waals surface area (Å²) in [4.78, 5) is 3.84. The Morgan fingerprint density at radius 2 is 1.97 bits per heavy atom. The maximum absolute atomic E-state index is 14.9. The van der Waals surface area contributed by atoms with E-state index in [4.69, 9.17) is 0 Å². The molecule has 1 aliphatic carbocycles. The van der Waals surface area contributed by atoms with Crippen molar-refractivity contribution in [1.82, 2.24) is 14.3 Å². The van der Waals surface area contributed by atoms with Gasteiger partial charge in [0.15, 0.2) is 5.03 Å². The lowest BCUT2D eigenvalue weighted by Crippen LogP contribution is -2.26. The predicted octanol–water partition coefficient (Wildman–Crippen LogP) is 5.40. The van der Waals surface area contributed by atoms with E-state index in [0.717, 1.165) is 30.0 Å². The number of benzene rings is 2. The first-order valence-corrected chi connectivity index (χ1v) is 13.4. The number of aromatic nitrogens is 2. The van der Waals surface area contributed by atoms with Gasteiger partial charge in [-0.3, -0.25) is 0 Å². The standard InChI is InChI=1S/C26H29F4N3O2S/c1-3-5-18-12-20-14-24(27)19(8-9-32-36(34,35)25-15-33(2)16-31-25)13-23(20)22(18)11-17-6-4-7-21(10-17)26(28,29)30/h4,6-7,10,13-16,18,22,32H,3,5,8-9,11-12H2,1-2H3. The van der Waals surface area contributed by atoms with E-state index in [0.29, 0.717) is 24.0 Å². The van der Waals surface area contributed by atoms with Crippen LogP contribution < -0.4 is 4.72 Å². The van der Waals surface area contributed by atoms with Gasteiger partial charge in [0.2, 0.25) is 0 Å². The van der Waals surface area contributed by atoms with Gasteiger partial charge in [0.25, 0.3) is 10.0 Å². The Morgan fingerprint density at radius 1 is 1.19 bits per heavy atom. The van der Waals surface area contributed by atoms with Crippen molar-refractivity contribution < 1.29 is 26.0 Å². The molecule has 0 amide bonds. The smallest absolute Gasteiger partial charge is 0.339 e. The van der Waals surface area contributed by atoms with Gasteiger partial charge in [-0.15, -0.1) is 0 Å². The fraction of sp³-hybridized carbons (Fsp3) is 0.423. The van der Waals surface area contributed by atoms with Crippen molar-refractivity contribution in [1.29, 1.82) is 0 Å². The Bertz CT molecular complexity index is 1340. The molecule has 3 aromatic rings. The Balaban J connectivity index is 1.55. The second kappa shape index (κ2) is 10.3. The lowest BCUT2D eigenvalue weighted by Gasteiger charge is -2.21. The molecule has 0 spiro atoms. The predicted molar refractivity (Wildman–Crippen MR) is 128 cm³/mol. The number of sulfonamides is 1. The van der Waals surface area contributed by atoms with E-state index in [9.17, 15) is 26.0 Å². The van der Waals surface area contributed by atoms with Gasteiger partial charge < -0.3 is 4.57 Å². The third kappa shape index (κ3) is 5.81. The number of imidazole rings is 1. The summed E-state index contributed by atoms with van der Waals surface area (Å²) in [6.07, 6.45) is 1.40. The minimum Gasteiger partial charge on any atom is -0.339 e. The molecule has 0 radical (unpaired) electrons. The average Bonchev–Trinajstić information content (AvgIpc) is 3.38. The molecule has 36 heavy (non-hydrogen) atoms. The van der Waals surface area contributed by atoms with Crippen LogP contribution in [0, 0.1) is 11.7 Å². The number of aryl methyl sites for hydroxylation is 1. The minimum atomic E-state index is -4.41. The molecular weight excluding hydrogens is 494 g/mol. The summed E-state index contributed by atoms with van der Waals surface area (Å²) < 4.78 is 83.4. The molecule has 194 valence electrons. The van der Waals surface area contributed by atoms with Crippen molar-refractivity contribution in [3.63, 3.8) is 0 Å². The molecule has 1 aromatic heterocycles. The summed E-state index contributed by atoms with van der Waals surface area (Å²) in [7, 11) is -2.15. The molecule has 0 saturated heterocycles. The SMILES string of the molecule is CCCC1Cc2cc(F)c(CCNS(=O)(=O)c3cn(C)cn3)cc2C1Cc1cccc(C(F)(F)F)c1. The molecule has 1 heterocycles. The fourth-order valence-corrected chi connectivity index (χ4v) is 6.08. The van der Waals surface area contributed by atoms with Gasteiger partial charge in [-0.05, 0) is 71.9 Å². The Morgan fingerprint density at radius 3 is 2.64 bits per heavy atom. The van der Waals surface area contributed by atoms with Crippen molar-refractivity contribution in [3.8, 4) is 0 Å². The van der Waals surface area contributed by atoms with Gasteiger partial charge in [-0.1, -0.05) is 37.6 Å². The highest BCUT2D eigenvalue weighted by Gasteiger charge is 2.34. The first-order chi connectivity index (χ1) is 17.0. The average molecular weight is 524 g/mol. The Kier molecular flexibility index (Phi) is 7.56. The summed E-state index contributed by atoms with van der Waals surface area (Å²) in [5, 5.41) is -0.108. The van der Waals surface area contributed by atoms with Crippen LogP contribution in [0.1, 0.15) is 53.5 Å². The molecule has 0 saturated carbocycles. The van der Waals surface area contributed by atoms with Gasteiger partial charge in [0, 0.05) is 19.8 Å². The summed E-state index contributed by atoms with van der Waals surface area (Å²) in [6, 6.07) is 8.66. The molecule has 10 heteroatoms. The van der Waals surface area contributed by atoms with E-state index >= 15 is 0 Å². The zero-order valence-corrected chi connectivity index (χ0v) is 21.0. The minimum absolute atomic E-state index is 0.00863. The summed E-state index contributed by atoms with van der Waals surface area (Å²) in [5.74, 6) is -0.231. The molecule has 2 aromatic carbocycles. The van der Waals surface area contributed by atoms with Gasteiger partial charge in [-0.25, -0.2) is 22.5 Å². The number of halogens is 4. The largest absolute Gasteiger partial charge is 0.416 e. The van der Waals surface area contributed by atoms with E-state index in [2.05, 4.69) is 16.6 Å². The van der Waals surface area contributed by atoms with E-state index in [1.807, 2.05) is 0 Å². The second-order valence-electron chi connectivity index (χ2n) is 9.43. The molecule has 2 unspecified atom stereocenters. The molecule has 1 aliphatic rings. The normalized spacial score (nSPS) is 17.9. The molecule has 0 fully saturated rings. The number of rotatable bonds is 9. The van der Waals surface area contributed by atoms with E-state index in [1.54, 1.807) is 19.2 Å². The van der Waals surface area contributed by atoms with Crippen LogP contribution in [-0.4, -0.2) is 24.5 Å². The van der Waals surface area contributed by atoms with Gasteiger partial charge in [-0.2, -0.15) is 13.2 Å². The first kappa shape index (κ1) is 26.3. The number of nitrogens with one attached hydrogen (secondary N) is 1. The Labute approximate surface area is 208 Å². The fourth-order valence-electron chi connectivity index (χ4n) is 5.07. The zero-order chi connectivity index (χ0) is 26.1. The van der Waals surface area contributed by atoms with Crippen LogP contribution in [0.15, 0.2) is 53.9 Å². The van der Waals surface area contributed by atoms with Gasteiger partial charge in [0.1, 0.15) is 5.82 Å². The highest BCUT2D eigenvalue weighted by molar-refractivity contribution is 7.89. The maximum Gasteiger partial charge on any atom is 0.416 e. The molecule has 0 aliphatic heterocycles. The third-order valence-corrected chi connectivity index (χ3v) is 8.12. The number of hydrogen-bond donors (Lipinski definition) is 1. The van der Waals surface area contributed by atoms with Gasteiger partial charge in [0.05, 0.1) is 11.9 Å². The molecular formula is C26H29F4N3O2S. The van der Waals surface area contributed by atoms with Crippen LogP contribution >= 0.6 is 0 Å². The Hall–Kier alpha value is -2.72. The monoisotopic (exact) mass is 523 g/mol. The van der Waals surface area contributed by atoms with Crippen LogP contribution in [0.2, 0.25) is 0 Å². The lowest BCUT2D eigenvalue weighted by atomic mass is 9.83. The molecule has 4 rings (SSSR count). The van der Waals surface area contributed by atoms with Crippen LogP contribution in [0.4, 0.5) is 17.6 Å². The molecule has 1 N–H and O–H groups in total. The molecule has 2 atom stereocenters. The molecule has 0 bridgehead atoms. The lowest BCUT2D eigenvalue weighted by molar-refractivity contribution is -0.137. The highest BCUT2D eigenvalue weighted by atomic mass is 32.2. The summed E-state index contributed by atoms with van der Waals surface area (Å²) in [5.41, 5.74) is 2.11. The third-order valence-electron chi connectivity index (χ3n) is 6.77. The van der Waals surface area contributed by atoms with E-state index in [-0.39, 0.29) is 29.8 Å². The summed E-state index contributed by atoms with van der Waals surface area (Å²) >= 11 is 0. The number of fused-ring (bicyclic) bond motifs is 1. The van der Waals surface area contributed by atoms with Crippen molar-refractivity contribution >= 4 is 10.0 Å². The van der Waals surface area contributed by atoms with Crippen LogP contribution in [0.3, 0.4) is 0 Å². The van der Waals surface area contributed by atoms with Crippen LogP contribution in [-0.2, 0) is 42.5 Å². The van der Waals surface area contributed by atoms with Gasteiger partial charge >= 0.3 is 6.18 Å².